The first-order chi connectivity index (χ1) is 31.8. The van der Waals surface area contributed by atoms with E-state index >= 15 is 0 Å². The van der Waals surface area contributed by atoms with Crippen LogP contribution >= 0.6 is 0 Å². The van der Waals surface area contributed by atoms with Crippen molar-refractivity contribution in [1.82, 2.24) is 0 Å². The Morgan fingerprint density at radius 3 is 1.57 bits per heavy atom. The Balaban J connectivity index is 1.33. The molecule has 0 radical (unpaired) electrons. The minimum atomic E-state index is -0.621. The average Bonchev–Trinajstić information content (AvgIpc) is 3.74. The van der Waals surface area contributed by atoms with Crippen LogP contribution in [-0.2, 0) is 0 Å². The molecule has 0 fully saturated rings. The van der Waals surface area contributed by atoms with E-state index in [-0.39, 0.29) is 72.6 Å². The van der Waals surface area contributed by atoms with Crippen LogP contribution in [0.2, 0.25) is 0 Å². The van der Waals surface area contributed by atoms with Crippen molar-refractivity contribution in [2.24, 2.45) is 0 Å². The van der Waals surface area contributed by atoms with Crippen LogP contribution in [0.5, 0.6) is 0 Å². The van der Waals surface area contributed by atoms with Gasteiger partial charge < -0.3 is 4.42 Å². The third-order valence-corrected chi connectivity index (χ3v) is 8.78. The molecule has 0 N–H and O–H groups in total. The summed E-state index contributed by atoms with van der Waals surface area (Å²) in [5.41, 5.74) is 0.947. The molecule has 0 aliphatic heterocycles. The zero-order valence-electron chi connectivity index (χ0n) is 43.3. The van der Waals surface area contributed by atoms with E-state index in [1.54, 1.807) is 60.7 Å². The van der Waals surface area contributed by atoms with Crippen molar-refractivity contribution in [3.05, 3.63) is 182 Å². The van der Waals surface area contributed by atoms with Crippen LogP contribution < -0.4 is 0 Å². The number of rotatable bonds is 4. The largest absolute Gasteiger partial charge is 0.456 e. The molecule has 1 heterocycles. The van der Waals surface area contributed by atoms with Gasteiger partial charge in [-0.05, 0) is 95.0 Å². The summed E-state index contributed by atoms with van der Waals surface area (Å²) in [6, 6.07) is 11.0. The first-order valence-corrected chi connectivity index (χ1v) is 15.4. The molecule has 1 nitrogen and oxygen atoms in total. The normalized spacial score (nSPS) is 16.8. The Bertz CT molecular complexity index is 3810. The van der Waals surface area contributed by atoms with E-state index in [0.29, 0.717) is 38.2 Å². The maximum Gasteiger partial charge on any atom is 0.136 e. The highest BCUT2D eigenvalue weighted by atomic mass is 16.3. The van der Waals surface area contributed by atoms with E-state index in [0.717, 1.165) is 0 Å². The summed E-state index contributed by atoms with van der Waals surface area (Å²) < 4.78 is 164. The summed E-state index contributed by atoms with van der Waals surface area (Å²) in [7, 11) is 0. The van der Waals surface area contributed by atoms with Crippen LogP contribution in [0.25, 0.3) is 98.8 Å². The maximum atomic E-state index is 9.53. The van der Waals surface area contributed by atoms with E-state index in [1.807, 2.05) is 0 Å². The van der Waals surface area contributed by atoms with Crippen LogP contribution in [0.4, 0.5) is 0 Å². The highest BCUT2D eigenvalue weighted by molar-refractivity contribution is 6.26. The first kappa shape index (κ1) is 15.2. The standard InChI is InChI=1S/C48H30O/c1-2-13-31(14-3-1)32-25-27-33(28-26-32)36-17-6-7-18-37(36)46-38-19-8-10-21-40(38)47(41-22-11-9-20-39(41)46)42-23-12-24-44-48(42)43-29-34-15-4-5-16-35(34)30-45(43)49-44/h1-30H/i1D,2D,3D,4D,5D,6D,7D,12D,13D,14D,15D,16D,17D,18D,23D,24D,29D,30D. The molecule has 0 aliphatic rings. The number of benzene rings is 9. The maximum absolute atomic E-state index is 9.53. The third kappa shape index (κ3) is 4.40. The van der Waals surface area contributed by atoms with Gasteiger partial charge in [0.25, 0.3) is 0 Å². The van der Waals surface area contributed by atoms with Gasteiger partial charge >= 0.3 is 0 Å². The van der Waals surface area contributed by atoms with Crippen LogP contribution in [-0.4, -0.2) is 0 Å². The van der Waals surface area contributed by atoms with Gasteiger partial charge in [0.2, 0.25) is 0 Å². The van der Waals surface area contributed by atoms with Crippen molar-refractivity contribution >= 4 is 54.3 Å². The van der Waals surface area contributed by atoms with E-state index < -0.39 is 96.7 Å². The lowest BCUT2D eigenvalue weighted by Crippen LogP contribution is -1.93. The molecule has 0 amide bonds. The summed E-state index contributed by atoms with van der Waals surface area (Å²) in [5, 5.41) is 1.10. The van der Waals surface area contributed by atoms with Crippen LogP contribution in [0.3, 0.4) is 0 Å². The molecular formula is C48H30O. The van der Waals surface area contributed by atoms with Crippen LogP contribution in [0, 0.1) is 0 Å². The van der Waals surface area contributed by atoms with Gasteiger partial charge in [-0.25, -0.2) is 0 Å². The number of fused-ring (bicyclic) bond motifs is 6. The zero-order chi connectivity index (χ0) is 48.0. The smallest absolute Gasteiger partial charge is 0.136 e. The van der Waals surface area contributed by atoms with E-state index in [4.69, 9.17) is 22.2 Å². The van der Waals surface area contributed by atoms with Gasteiger partial charge in [-0.2, -0.15) is 0 Å². The predicted octanol–water partition coefficient (Wildman–Crippen LogP) is 13.7. The molecular weight excluding hydrogens is 593 g/mol. The van der Waals surface area contributed by atoms with Crippen molar-refractivity contribution in [3.8, 4) is 44.5 Å². The molecule has 0 unspecified atom stereocenters. The second-order valence-electron chi connectivity index (χ2n) is 11.4. The predicted molar refractivity (Wildman–Crippen MR) is 208 cm³/mol. The second kappa shape index (κ2) is 11.1. The number of furan rings is 1. The molecule has 1 aromatic heterocycles. The van der Waals surface area contributed by atoms with Gasteiger partial charge in [0.1, 0.15) is 11.2 Å². The summed E-state index contributed by atoms with van der Waals surface area (Å²) in [6.45, 7) is 0. The minimum absolute atomic E-state index is 0.00149. The Hall–Kier alpha value is -6.44. The molecule has 1 heteroatoms. The van der Waals surface area contributed by atoms with Crippen LogP contribution in [0.15, 0.2) is 186 Å². The molecule has 228 valence electrons. The number of hydrogen-bond donors (Lipinski definition) is 0. The summed E-state index contributed by atoms with van der Waals surface area (Å²) >= 11 is 0. The van der Waals surface area contributed by atoms with Gasteiger partial charge in [-0.1, -0.05) is 163 Å². The highest BCUT2D eigenvalue weighted by Gasteiger charge is 2.21. The molecule has 10 aromatic rings. The van der Waals surface area contributed by atoms with Crippen molar-refractivity contribution in [2.75, 3.05) is 0 Å². The lowest BCUT2D eigenvalue weighted by atomic mass is 9.83. The Kier molecular flexibility index (Phi) is 3.43. The highest BCUT2D eigenvalue weighted by Crippen LogP contribution is 2.48. The average molecular weight is 641 g/mol. The summed E-state index contributed by atoms with van der Waals surface area (Å²) in [6.07, 6.45) is 0. The first-order valence-electron chi connectivity index (χ1n) is 24.4. The van der Waals surface area contributed by atoms with Crippen LogP contribution in [0.1, 0.15) is 24.7 Å². The van der Waals surface area contributed by atoms with E-state index in [9.17, 15) is 6.85 Å². The van der Waals surface area contributed by atoms with Gasteiger partial charge in [-0.15, -0.1) is 0 Å². The monoisotopic (exact) mass is 640 g/mol. The minimum Gasteiger partial charge on any atom is -0.456 e. The molecule has 9 aromatic carbocycles. The Morgan fingerprint density at radius 2 is 0.898 bits per heavy atom. The van der Waals surface area contributed by atoms with Gasteiger partial charge in [0.05, 0.1) is 24.7 Å². The van der Waals surface area contributed by atoms with Crippen molar-refractivity contribution in [1.29, 1.82) is 0 Å². The SMILES string of the molecule is [2H]c1c([2H])c([2H])c(-c2ccc(-c3c([2H])c([2H])c([2H])c([2H])c3-c3c4ccccc4c(-c4c([2H])c([2H])c([2H])c5oc6c([2H])c7c([2H])c([2H])c([2H])c([2H])c7c([2H])c6c45)c4ccccc34)cc2)c([2H])c1[2H]. The van der Waals surface area contributed by atoms with Crippen molar-refractivity contribution < 1.29 is 29.1 Å². The molecule has 0 aliphatic carbocycles. The van der Waals surface area contributed by atoms with Gasteiger partial charge in [0.15, 0.2) is 0 Å². The molecule has 0 spiro atoms. The summed E-state index contributed by atoms with van der Waals surface area (Å²) in [5.74, 6) is 0. The quantitative estimate of drug-likeness (QED) is 0.174. The molecule has 0 atom stereocenters. The molecule has 49 heavy (non-hydrogen) atoms. The fourth-order valence-corrected chi connectivity index (χ4v) is 6.69. The summed E-state index contributed by atoms with van der Waals surface area (Å²) in [4.78, 5) is 0. The molecule has 0 saturated carbocycles. The van der Waals surface area contributed by atoms with E-state index in [2.05, 4.69) is 0 Å². The lowest BCUT2D eigenvalue weighted by molar-refractivity contribution is 0.669. The molecule has 0 bridgehead atoms. The topological polar surface area (TPSA) is 13.1 Å². The lowest BCUT2D eigenvalue weighted by Gasteiger charge is -2.20. The zero-order valence-corrected chi connectivity index (χ0v) is 25.3. The van der Waals surface area contributed by atoms with Gasteiger partial charge in [-0.3, -0.25) is 0 Å². The third-order valence-electron chi connectivity index (χ3n) is 8.78. The molecule has 10 rings (SSSR count). The Labute approximate surface area is 309 Å². The van der Waals surface area contributed by atoms with E-state index in [1.165, 1.54) is 12.1 Å². The molecule has 0 saturated heterocycles. The van der Waals surface area contributed by atoms with Crippen molar-refractivity contribution in [2.45, 2.75) is 0 Å². The fourth-order valence-electron chi connectivity index (χ4n) is 6.69. The Morgan fingerprint density at radius 1 is 0.367 bits per heavy atom. The van der Waals surface area contributed by atoms with Gasteiger partial charge in [0, 0.05) is 10.8 Å². The van der Waals surface area contributed by atoms with Crippen molar-refractivity contribution in [3.63, 3.8) is 0 Å². The number of hydrogen-bond acceptors (Lipinski definition) is 1. The fraction of sp³-hybridized carbons (Fsp3) is 0. The second-order valence-corrected chi connectivity index (χ2v) is 11.4.